The van der Waals surface area contributed by atoms with Crippen molar-refractivity contribution in [2.24, 2.45) is 0 Å². The summed E-state index contributed by atoms with van der Waals surface area (Å²) in [6.45, 7) is 4.42. The normalized spacial score (nSPS) is 12.2. The van der Waals surface area contributed by atoms with E-state index in [1.165, 1.54) is 31.1 Å². The van der Waals surface area contributed by atoms with Crippen molar-refractivity contribution in [3.8, 4) is 10.6 Å². The Morgan fingerprint density at radius 1 is 0.786 bits per heavy atom. The maximum absolute atomic E-state index is 6.46. The van der Waals surface area contributed by atoms with Gasteiger partial charge in [0.25, 0.3) is 0 Å². The van der Waals surface area contributed by atoms with Crippen LogP contribution in [0.2, 0.25) is 0 Å². The molecule has 0 unspecified atom stereocenters. The van der Waals surface area contributed by atoms with E-state index in [0.29, 0.717) is 5.92 Å². The van der Waals surface area contributed by atoms with Crippen LogP contribution < -0.4 is 0 Å². The first-order valence-electron chi connectivity index (χ1n) is 9.43. The summed E-state index contributed by atoms with van der Waals surface area (Å²) >= 11 is 3.52. The van der Waals surface area contributed by atoms with E-state index in [-0.39, 0.29) is 0 Å². The van der Waals surface area contributed by atoms with Gasteiger partial charge in [-0.3, -0.25) is 0 Å². The molecule has 6 rings (SSSR count). The Labute approximate surface area is 170 Å². The third-order valence-electron chi connectivity index (χ3n) is 5.34. The Kier molecular flexibility index (Phi) is 3.43. The monoisotopic (exact) mass is 399 g/mol. The van der Waals surface area contributed by atoms with Crippen molar-refractivity contribution >= 4 is 64.2 Å². The van der Waals surface area contributed by atoms with Gasteiger partial charge in [-0.15, -0.1) is 22.7 Å². The van der Waals surface area contributed by atoms with Gasteiger partial charge in [0.2, 0.25) is 0 Å². The van der Waals surface area contributed by atoms with Gasteiger partial charge in [0.15, 0.2) is 0 Å². The molecule has 0 bridgehead atoms. The minimum atomic E-state index is 0.421. The number of benzene rings is 3. The van der Waals surface area contributed by atoms with Crippen LogP contribution in [0.3, 0.4) is 0 Å². The van der Waals surface area contributed by atoms with E-state index >= 15 is 0 Å². The van der Waals surface area contributed by atoms with E-state index in [1.807, 2.05) is 0 Å². The van der Waals surface area contributed by atoms with Gasteiger partial charge in [-0.2, -0.15) is 0 Å². The second-order valence-corrected chi connectivity index (χ2v) is 9.44. The average Bonchev–Trinajstić information content (AvgIpc) is 3.37. The maximum atomic E-state index is 6.46. The fourth-order valence-corrected chi connectivity index (χ4v) is 6.34. The first-order chi connectivity index (χ1) is 13.7. The molecule has 0 amide bonds. The zero-order valence-electron chi connectivity index (χ0n) is 15.5. The average molecular weight is 400 g/mol. The highest BCUT2D eigenvalue weighted by atomic mass is 32.1. The number of rotatable bonds is 2. The zero-order chi connectivity index (χ0) is 18.8. The topological polar surface area (TPSA) is 26.0 Å². The zero-order valence-corrected chi connectivity index (χ0v) is 17.2. The highest BCUT2D eigenvalue weighted by Gasteiger charge is 2.19. The first-order valence-corrected chi connectivity index (χ1v) is 11.1. The lowest BCUT2D eigenvalue weighted by atomic mass is 10.00. The van der Waals surface area contributed by atoms with Crippen LogP contribution in [0.15, 0.2) is 65.1 Å². The van der Waals surface area contributed by atoms with Gasteiger partial charge in [0.1, 0.15) is 21.0 Å². The maximum Gasteiger partial charge on any atom is 0.145 e. The summed E-state index contributed by atoms with van der Waals surface area (Å²) in [6, 6.07) is 21.4. The van der Waals surface area contributed by atoms with Gasteiger partial charge in [-0.05, 0) is 23.6 Å². The molecule has 0 saturated heterocycles. The number of thiophene rings is 1. The molecular weight excluding hydrogens is 382 g/mol. The number of nitrogens with zero attached hydrogens (tertiary/aromatic N) is 1. The van der Waals surface area contributed by atoms with E-state index < -0.39 is 0 Å². The third-order valence-corrected chi connectivity index (χ3v) is 7.66. The minimum Gasteiger partial charge on any atom is -0.455 e. The van der Waals surface area contributed by atoms with Crippen LogP contribution >= 0.6 is 22.7 Å². The summed E-state index contributed by atoms with van der Waals surface area (Å²) in [5, 5.41) is 4.68. The molecule has 2 nitrogen and oxygen atoms in total. The van der Waals surface area contributed by atoms with Gasteiger partial charge in [-0.1, -0.05) is 62.4 Å². The highest BCUT2D eigenvalue weighted by molar-refractivity contribution is 7.33. The van der Waals surface area contributed by atoms with Gasteiger partial charge < -0.3 is 4.42 Å². The molecule has 0 saturated carbocycles. The predicted octanol–water partition coefficient (Wildman–Crippen LogP) is 8.20. The summed E-state index contributed by atoms with van der Waals surface area (Å²) in [4.78, 5) is 6.08. The molecule has 3 aromatic carbocycles. The Morgan fingerprint density at radius 2 is 1.54 bits per heavy atom. The fraction of sp³-hybridized carbons (Fsp3) is 0.125. The van der Waals surface area contributed by atoms with Crippen LogP contribution in [0.25, 0.3) is 52.1 Å². The quantitative estimate of drug-likeness (QED) is 0.293. The fourth-order valence-electron chi connectivity index (χ4n) is 3.97. The molecule has 0 radical (unpaired) electrons. The Morgan fingerprint density at radius 3 is 2.39 bits per heavy atom. The SMILES string of the molecule is CC(C)c1cccc2c1oc1c(-c3nc4sc5ccccc5c4s3)cccc12. The Bertz CT molecular complexity index is 1500. The van der Waals surface area contributed by atoms with E-state index in [2.05, 4.69) is 74.5 Å². The minimum absolute atomic E-state index is 0.421. The molecule has 6 aromatic rings. The smallest absolute Gasteiger partial charge is 0.145 e. The molecule has 0 atom stereocenters. The van der Waals surface area contributed by atoms with Crippen molar-refractivity contribution in [3.05, 3.63) is 66.2 Å². The van der Waals surface area contributed by atoms with E-state index in [1.54, 1.807) is 22.7 Å². The molecule has 3 heterocycles. The van der Waals surface area contributed by atoms with E-state index in [0.717, 1.165) is 26.6 Å². The van der Waals surface area contributed by atoms with Crippen LogP contribution in [-0.4, -0.2) is 4.98 Å². The number of thiazole rings is 1. The number of fused-ring (bicyclic) bond motifs is 6. The van der Waals surface area contributed by atoms with Gasteiger partial charge in [0.05, 0.1) is 10.3 Å². The Hall–Kier alpha value is -2.69. The lowest BCUT2D eigenvalue weighted by Gasteiger charge is -2.04. The largest absolute Gasteiger partial charge is 0.455 e. The van der Waals surface area contributed by atoms with Crippen molar-refractivity contribution < 1.29 is 4.42 Å². The van der Waals surface area contributed by atoms with Crippen LogP contribution in [0.5, 0.6) is 0 Å². The molecule has 3 aromatic heterocycles. The standard InChI is InChI=1S/C24H17NOS2/c1-13(2)14-8-5-9-15-16-10-6-11-18(21(16)26-20(14)15)23-25-24-22(28-23)17-7-3-4-12-19(17)27-24/h3-13H,1-2H3. The van der Waals surface area contributed by atoms with Crippen molar-refractivity contribution in [2.75, 3.05) is 0 Å². The summed E-state index contributed by atoms with van der Waals surface area (Å²) in [5.41, 5.74) is 4.28. The van der Waals surface area contributed by atoms with Crippen molar-refractivity contribution in [3.63, 3.8) is 0 Å². The number of para-hydroxylation sites is 2. The number of hydrogen-bond donors (Lipinski definition) is 0. The number of aromatic nitrogens is 1. The van der Waals surface area contributed by atoms with Gasteiger partial charge in [0, 0.05) is 20.9 Å². The summed E-state index contributed by atoms with van der Waals surface area (Å²) in [5.74, 6) is 0.421. The lowest BCUT2D eigenvalue weighted by Crippen LogP contribution is -1.86. The molecular formula is C24H17NOS2. The van der Waals surface area contributed by atoms with Crippen LogP contribution in [0, 0.1) is 0 Å². The molecule has 0 aliphatic carbocycles. The number of furan rings is 1. The summed E-state index contributed by atoms with van der Waals surface area (Å²) in [7, 11) is 0. The van der Waals surface area contributed by atoms with Crippen molar-refractivity contribution in [2.45, 2.75) is 19.8 Å². The molecule has 0 fully saturated rings. The second kappa shape index (κ2) is 5.90. The highest BCUT2D eigenvalue weighted by Crippen LogP contribution is 2.43. The molecule has 136 valence electrons. The molecule has 0 aliphatic heterocycles. The summed E-state index contributed by atoms with van der Waals surface area (Å²) < 4.78 is 9.03. The molecule has 0 spiro atoms. The van der Waals surface area contributed by atoms with Crippen molar-refractivity contribution in [1.29, 1.82) is 0 Å². The van der Waals surface area contributed by atoms with Crippen molar-refractivity contribution in [1.82, 2.24) is 4.98 Å². The van der Waals surface area contributed by atoms with E-state index in [9.17, 15) is 0 Å². The van der Waals surface area contributed by atoms with Gasteiger partial charge >= 0.3 is 0 Å². The van der Waals surface area contributed by atoms with Crippen LogP contribution in [0.4, 0.5) is 0 Å². The van der Waals surface area contributed by atoms with Gasteiger partial charge in [-0.25, -0.2) is 4.98 Å². The number of hydrogen-bond acceptors (Lipinski definition) is 4. The summed E-state index contributed by atoms with van der Waals surface area (Å²) in [6.07, 6.45) is 0. The molecule has 4 heteroatoms. The van der Waals surface area contributed by atoms with Crippen LogP contribution in [0.1, 0.15) is 25.3 Å². The molecule has 28 heavy (non-hydrogen) atoms. The molecule has 0 N–H and O–H groups in total. The predicted molar refractivity (Wildman–Crippen MR) is 122 cm³/mol. The molecule has 0 aliphatic rings. The second-order valence-electron chi connectivity index (χ2n) is 7.41. The first kappa shape index (κ1) is 16.3. The third kappa shape index (κ3) is 2.22. The van der Waals surface area contributed by atoms with E-state index in [4.69, 9.17) is 9.40 Å². The Balaban J connectivity index is 1.65. The van der Waals surface area contributed by atoms with Crippen LogP contribution in [-0.2, 0) is 0 Å². The lowest BCUT2D eigenvalue weighted by molar-refractivity contribution is 0.658.